The number of carbonyl (C=O) groups is 1. The van der Waals surface area contributed by atoms with Crippen LogP contribution in [0.25, 0.3) is 10.9 Å². The summed E-state index contributed by atoms with van der Waals surface area (Å²) < 4.78 is 5.26. The number of amides is 1. The first-order chi connectivity index (χ1) is 11.2. The van der Waals surface area contributed by atoms with Crippen molar-refractivity contribution in [3.8, 4) is 11.8 Å². The predicted octanol–water partition coefficient (Wildman–Crippen LogP) is 3.17. The van der Waals surface area contributed by atoms with Crippen LogP contribution in [0, 0.1) is 11.3 Å². The van der Waals surface area contributed by atoms with E-state index in [4.69, 9.17) is 4.74 Å². The summed E-state index contributed by atoms with van der Waals surface area (Å²) in [5.41, 5.74) is 2.00. The summed E-state index contributed by atoms with van der Waals surface area (Å²) in [4.78, 5) is 15.5. The average molecular weight is 305 g/mol. The molecule has 0 saturated heterocycles. The van der Waals surface area contributed by atoms with Gasteiger partial charge in [-0.2, -0.15) is 5.26 Å². The topological polar surface area (TPSA) is 77.9 Å². The maximum atomic E-state index is 12.4. The maximum absolute atomic E-state index is 12.4. The fourth-order valence-corrected chi connectivity index (χ4v) is 2.49. The number of nitrogens with zero attached hydrogens (tertiary/aromatic N) is 1. The predicted molar refractivity (Wildman–Crippen MR) is 87.1 cm³/mol. The lowest BCUT2D eigenvalue weighted by atomic mass is 10.1. The third-order valence-electron chi connectivity index (χ3n) is 3.67. The summed E-state index contributed by atoms with van der Waals surface area (Å²) in [6.07, 6.45) is 1.82. The number of carbonyl (C=O) groups excluding carboxylic acids is 1. The molecule has 1 amide bonds. The van der Waals surface area contributed by atoms with Crippen LogP contribution in [0.15, 0.2) is 54.7 Å². The summed E-state index contributed by atoms with van der Waals surface area (Å²) in [6.45, 7) is 0. The number of methoxy groups -OCH3 is 1. The lowest BCUT2D eigenvalue weighted by molar-refractivity contribution is 0.0945. The maximum Gasteiger partial charge on any atom is 0.252 e. The van der Waals surface area contributed by atoms with E-state index in [2.05, 4.69) is 16.4 Å². The van der Waals surface area contributed by atoms with E-state index in [0.29, 0.717) is 16.9 Å². The van der Waals surface area contributed by atoms with Crippen LogP contribution in [0.5, 0.6) is 5.75 Å². The quantitative estimate of drug-likeness (QED) is 0.777. The Hall–Kier alpha value is -3.26. The van der Waals surface area contributed by atoms with Gasteiger partial charge < -0.3 is 15.0 Å². The first kappa shape index (κ1) is 14.7. The highest BCUT2D eigenvalue weighted by Crippen LogP contribution is 2.24. The number of para-hydroxylation sites is 1. The Morgan fingerprint density at radius 3 is 2.87 bits per heavy atom. The molecule has 0 bridgehead atoms. The lowest BCUT2D eigenvalue weighted by Crippen LogP contribution is -2.27. The fourth-order valence-electron chi connectivity index (χ4n) is 2.49. The normalized spacial score (nSPS) is 11.7. The molecule has 3 aromatic rings. The summed E-state index contributed by atoms with van der Waals surface area (Å²) in [7, 11) is 1.54. The van der Waals surface area contributed by atoms with Gasteiger partial charge in [-0.05, 0) is 29.7 Å². The number of nitrogens with one attached hydrogen (secondary N) is 2. The van der Waals surface area contributed by atoms with E-state index in [1.807, 2.05) is 24.4 Å². The van der Waals surface area contributed by atoms with Gasteiger partial charge in [-0.25, -0.2) is 0 Å². The van der Waals surface area contributed by atoms with Crippen LogP contribution in [0.2, 0.25) is 0 Å². The number of ether oxygens (including phenoxy) is 1. The Bertz CT molecular complexity index is 892. The minimum Gasteiger partial charge on any atom is -0.496 e. The molecule has 114 valence electrons. The number of rotatable bonds is 4. The third kappa shape index (κ3) is 2.87. The highest BCUT2D eigenvalue weighted by atomic mass is 16.5. The van der Waals surface area contributed by atoms with E-state index in [1.165, 1.54) is 7.11 Å². The van der Waals surface area contributed by atoms with Crippen LogP contribution < -0.4 is 10.1 Å². The van der Waals surface area contributed by atoms with Crippen molar-refractivity contribution >= 4 is 16.8 Å². The number of nitriles is 1. The molecule has 1 unspecified atom stereocenters. The van der Waals surface area contributed by atoms with Crippen LogP contribution >= 0.6 is 0 Å². The first-order valence-electron chi connectivity index (χ1n) is 7.13. The molecule has 5 nitrogen and oxygen atoms in total. The molecule has 0 saturated carbocycles. The number of H-pyrrole nitrogens is 1. The number of hydrogen-bond acceptors (Lipinski definition) is 3. The molecular formula is C18H15N3O2. The van der Waals surface area contributed by atoms with Crippen LogP contribution in [0.3, 0.4) is 0 Å². The molecule has 1 atom stereocenters. The Labute approximate surface area is 133 Å². The number of fused-ring (bicyclic) bond motifs is 1. The van der Waals surface area contributed by atoms with Crippen molar-refractivity contribution in [2.24, 2.45) is 0 Å². The summed E-state index contributed by atoms with van der Waals surface area (Å²) in [6, 6.07) is 15.8. The lowest BCUT2D eigenvalue weighted by Gasteiger charge is -2.15. The van der Waals surface area contributed by atoms with Gasteiger partial charge in [0, 0.05) is 22.8 Å². The van der Waals surface area contributed by atoms with E-state index in [9.17, 15) is 10.1 Å². The van der Waals surface area contributed by atoms with Gasteiger partial charge in [0.2, 0.25) is 0 Å². The third-order valence-corrected chi connectivity index (χ3v) is 3.67. The van der Waals surface area contributed by atoms with Crippen molar-refractivity contribution in [2.45, 2.75) is 6.04 Å². The van der Waals surface area contributed by atoms with Crippen molar-refractivity contribution in [3.63, 3.8) is 0 Å². The van der Waals surface area contributed by atoms with E-state index < -0.39 is 6.04 Å². The van der Waals surface area contributed by atoms with Crippen molar-refractivity contribution in [3.05, 3.63) is 65.9 Å². The molecule has 2 aromatic carbocycles. The Kier molecular flexibility index (Phi) is 3.98. The smallest absolute Gasteiger partial charge is 0.252 e. The van der Waals surface area contributed by atoms with Crippen molar-refractivity contribution < 1.29 is 9.53 Å². The van der Waals surface area contributed by atoms with E-state index >= 15 is 0 Å². The highest BCUT2D eigenvalue weighted by molar-refractivity contribution is 5.98. The molecule has 0 fully saturated rings. The van der Waals surface area contributed by atoms with Gasteiger partial charge in [0.15, 0.2) is 0 Å². The van der Waals surface area contributed by atoms with Gasteiger partial charge in [-0.3, -0.25) is 4.79 Å². The molecule has 1 heterocycles. The second-order valence-corrected chi connectivity index (χ2v) is 5.06. The molecule has 1 aromatic heterocycles. The fraction of sp³-hybridized carbons (Fsp3) is 0.111. The van der Waals surface area contributed by atoms with Gasteiger partial charge in [0.1, 0.15) is 11.8 Å². The second-order valence-electron chi connectivity index (χ2n) is 5.06. The zero-order valence-corrected chi connectivity index (χ0v) is 12.5. The van der Waals surface area contributed by atoms with Crippen molar-refractivity contribution in [2.75, 3.05) is 7.11 Å². The van der Waals surface area contributed by atoms with Gasteiger partial charge in [-0.1, -0.05) is 24.3 Å². The molecule has 5 heteroatoms. The minimum absolute atomic E-state index is 0.307. The summed E-state index contributed by atoms with van der Waals surface area (Å²) in [5, 5.41) is 13.2. The molecular weight excluding hydrogens is 290 g/mol. The zero-order chi connectivity index (χ0) is 16.2. The number of aromatic nitrogens is 1. The zero-order valence-electron chi connectivity index (χ0n) is 12.5. The van der Waals surface area contributed by atoms with Crippen LogP contribution in [-0.4, -0.2) is 18.0 Å². The van der Waals surface area contributed by atoms with Crippen molar-refractivity contribution in [1.29, 1.82) is 5.26 Å². The van der Waals surface area contributed by atoms with E-state index in [0.717, 1.165) is 10.9 Å². The van der Waals surface area contributed by atoms with Crippen LogP contribution in [0.1, 0.15) is 22.0 Å². The van der Waals surface area contributed by atoms with Gasteiger partial charge >= 0.3 is 0 Å². The van der Waals surface area contributed by atoms with Crippen LogP contribution in [0.4, 0.5) is 0 Å². The molecule has 23 heavy (non-hydrogen) atoms. The molecule has 0 aliphatic rings. The molecule has 0 aliphatic heterocycles. The number of hydrogen-bond donors (Lipinski definition) is 2. The van der Waals surface area contributed by atoms with Gasteiger partial charge in [-0.15, -0.1) is 0 Å². The Morgan fingerprint density at radius 1 is 1.26 bits per heavy atom. The minimum atomic E-state index is -0.780. The first-order valence-corrected chi connectivity index (χ1v) is 7.13. The summed E-state index contributed by atoms with van der Waals surface area (Å²) in [5.74, 6) is 0.262. The number of benzene rings is 2. The number of aromatic amines is 1. The van der Waals surface area contributed by atoms with Gasteiger partial charge in [0.05, 0.1) is 13.2 Å². The Morgan fingerprint density at radius 2 is 2.09 bits per heavy atom. The molecule has 2 N–H and O–H groups in total. The molecule has 0 radical (unpaired) electrons. The Balaban J connectivity index is 1.86. The molecule has 3 rings (SSSR count). The van der Waals surface area contributed by atoms with Crippen molar-refractivity contribution in [1.82, 2.24) is 10.3 Å². The standard InChI is InChI=1S/C18H15N3O2/c1-23-17-5-3-2-4-14(17)16(11-19)21-18(22)13-7-6-12-8-9-20-15(12)10-13/h2-10,16,20H,1H3,(H,21,22). The highest BCUT2D eigenvalue weighted by Gasteiger charge is 2.18. The van der Waals surface area contributed by atoms with E-state index in [1.54, 1.807) is 30.3 Å². The monoisotopic (exact) mass is 305 g/mol. The SMILES string of the molecule is COc1ccccc1C(C#N)NC(=O)c1ccc2cc[nH]c2c1. The van der Waals surface area contributed by atoms with Gasteiger partial charge in [0.25, 0.3) is 5.91 Å². The molecule has 0 aliphatic carbocycles. The summed E-state index contributed by atoms with van der Waals surface area (Å²) >= 11 is 0. The van der Waals surface area contributed by atoms with E-state index in [-0.39, 0.29) is 5.91 Å². The van der Waals surface area contributed by atoms with Crippen LogP contribution in [-0.2, 0) is 0 Å². The average Bonchev–Trinajstić information content (AvgIpc) is 3.07. The molecule has 0 spiro atoms. The second kappa shape index (κ2) is 6.24. The largest absolute Gasteiger partial charge is 0.496 e.